The number of carbonyl (C=O) groups is 1. The van der Waals surface area contributed by atoms with Crippen molar-refractivity contribution in [1.29, 1.82) is 0 Å². The molecule has 0 spiro atoms. The molecule has 1 aromatic carbocycles. The minimum absolute atomic E-state index is 0.111. The first-order valence-corrected chi connectivity index (χ1v) is 6.75. The molecule has 8 heteroatoms. The van der Waals surface area contributed by atoms with Gasteiger partial charge in [0.2, 0.25) is 0 Å². The van der Waals surface area contributed by atoms with Crippen LogP contribution in [0, 0.1) is 17.0 Å². The molecule has 0 aliphatic carbocycles. The van der Waals surface area contributed by atoms with Gasteiger partial charge in [-0.3, -0.25) is 14.9 Å². The number of halogens is 1. The third-order valence-corrected chi connectivity index (χ3v) is 3.22. The van der Waals surface area contributed by atoms with E-state index >= 15 is 0 Å². The molecule has 0 aliphatic rings. The van der Waals surface area contributed by atoms with Crippen LogP contribution in [0.15, 0.2) is 28.7 Å². The summed E-state index contributed by atoms with van der Waals surface area (Å²) >= 11 is 5.77. The number of hydrogen-bond donors (Lipinski definition) is 2. The number of nitro benzene ring substituents is 1. The first kappa shape index (κ1) is 16.0. The Balaban J connectivity index is 2.43. The SMILES string of the molecule is Cc1oc(-c2ccc(Cl)cc2[N+](=O)[O-])cc1C(=O)NCCO. The lowest BCUT2D eigenvalue weighted by atomic mass is 10.1. The number of aliphatic hydroxyl groups is 1. The molecule has 116 valence electrons. The zero-order chi connectivity index (χ0) is 16.3. The van der Waals surface area contributed by atoms with Crippen molar-refractivity contribution in [3.05, 3.63) is 50.7 Å². The highest BCUT2D eigenvalue weighted by molar-refractivity contribution is 6.30. The summed E-state index contributed by atoms with van der Waals surface area (Å²) in [5.41, 5.74) is 0.287. The van der Waals surface area contributed by atoms with Gasteiger partial charge in [-0.25, -0.2) is 0 Å². The lowest BCUT2D eigenvalue weighted by Crippen LogP contribution is -2.26. The molecule has 0 bridgehead atoms. The molecule has 1 heterocycles. The fourth-order valence-corrected chi connectivity index (χ4v) is 2.14. The quantitative estimate of drug-likeness (QED) is 0.649. The van der Waals surface area contributed by atoms with Crippen LogP contribution in [0.2, 0.25) is 5.02 Å². The highest BCUT2D eigenvalue weighted by Crippen LogP contribution is 2.34. The molecule has 2 aromatic rings. The Kier molecular flexibility index (Phi) is 4.79. The molecule has 0 radical (unpaired) electrons. The minimum Gasteiger partial charge on any atom is -0.460 e. The van der Waals surface area contributed by atoms with Crippen LogP contribution in [0.25, 0.3) is 11.3 Å². The van der Waals surface area contributed by atoms with Crippen LogP contribution in [0.5, 0.6) is 0 Å². The third kappa shape index (κ3) is 3.26. The minimum atomic E-state index is -0.565. The van der Waals surface area contributed by atoms with Gasteiger partial charge < -0.3 is 14.8 Å². The lowest BCUT2D eigenvalue weighted by Gasteiger charge is -2.00. The molecule has 2 rings (SSSR count). The van der Waals surface area contributed by atoms with Crippen molar-refractivity contribution in [2.45, 2.75) is 6.92 Å². The van der Waals surface area contributed by atoms with Gasteiger partial charge in [-0.1, -0.05) is 11.6 Å². The molecule has 0 saturated carbocycles. The van der Waals surface area contributed by atoms with Crippen molar-refractivity contribution in [3.8, 4) is 11.3 Å². The number of nitro groups is 1. The first-order chi connectivity index (χ1) is 10.4. The van der Waals surface area contributed by atoms with Crippen molar-refractivity contribution >= 4 is 23.2 Å². The molecular weight excluding hydrogens is 312 g/mol. The number of furan rings is 1. The van der Waals surface area contributed by atoms with Gasteiger partial charge in [0.05, 0.1) is 22.7 Å². The number of amides is 1. The summed E-state index contributed by atoms with van der Waals surface area (Å²) in [6.45, 7) is 1.51. The smallest absolute Gasteiger partial charge is 0.281 e. The van der Waals surface area contributed by atoms with Crippen LogP contribution in [-0.2, 0) is 0 Å². The second-order valence-corrected chi connectivity index (χ2v) is 4.92. The highest BCUT2D eigenvalue weighted by atomic mass is 35.5. The van der Waals surface area contributed by atoms with E-state index in [9.17, 15) is 14.9 Å². The number of rotatable bonds is 5. The van der Waals surface area contributed by atoms with Crippen LogP contribution in [0.1, 0.15) is 16.1 Å². The van der Waals surface area contributed by atoms with Crippen LogP contribution in [0.3, 0.4) is 0 Å². The molecule has 1 aromatic heterocycles. The average molecular weight is 325 g/mol. The Hall–Kier alpha value is -2.38. The maximum atomic E-state index is 11.9. The second-order valence-electron chi connectivity index (χ2n) is 4.48. The van der Waals surface area contributed by atoms with Gasteiger partial charge >= 0.3 is 0 Å². The molecule has 2 N–H and O–H groups in total. The monoisotopic (exact) mass is 324 g/mol. The van der Waals surface area contributed by atoms with E-state index in [-0.39, 0.29) is 40.7 Å². The van der Waals surface area contributed by atoms with Gasteiger partial charge in [0.1, 0.15) is 11.5 Å². The van der Waals surface area contributed by atoms with E-state index in [1.165, 1.54) is 24.3 Å². The van der Waals surface area contributed by atoms with Crippen molar-refractivity contribution in [2.75, 3.05) is 13.2 Å². The Bertz CT molecular complexity index is 726. The topological polar surface area (TPSA) is 106 Å². The summed E-state index contributed by atoms with van der Waals surface area (Å²) in [5, 5.41) is 22.6. The number of benzene rings is 1. The molecule has 7 nitrogen and oxygen atoms in total. The number of nitrogens with one attached hydrogen (secondary N) is 1. The molecule has 0 fully saturated rings. The zero-order valence-corrected chi connectivity index (χ0v) is 12.4. The highest BCUT2D eigenvalue weighted by Gasteiger charge is 2.22. The third-order valence-electron chi connectivity index (χ3n) is 2.98. The van der Waals surface area contributed by atoms with Gasteiger partial charge in [-0.15, -0.1) is 0 Å². The lowest BCUT2D eigenvalue weighted by molar-refractivity contribution is -0.384. The van der Waals surface area contributed by atoms with Gasteiger partial charge in [-0.05, 0) is 25.1 Å². The largest absolute Gasteiger partial charge is 0.460 e. The zero-order valence-electron chi connectivity index (χ0n) is 11.6. The van der Waals surface area contributed by atoms with E-state index in [4.69, 9.17) is 21.1 Å². The van der Waals surface area contributed by atoms with E-state index in [2.05, 4.69) is 5.32 Å². The molecule has 0 aliphatic heterocycles. The molecule has 0 atom stereocenters. The van der Waals surface area contributed by atoms with E-state index in [1.807, 2.05) is 0 Å². The standard InChI is InChI=1S/C14H13ClN2O5/c1-8-11(14(19)16-4-5-18)7-13(22-8)10-3-2-9(15)6-12(10)17(20)21/h2-3,6-7,18H,4-5H2,1H3,(H,16,19). The molecule has 0 saturated heterocycles. The van der Waals surface area contributed by atoms with E-state index < -0.39 is 10.8 Å². The van der Waals surface area contributed by atoms with Crippen molar-refractivity contribution in [1.82, 2.24) is 5.32 Å². The number of aryl methyl sites for hydroxylation is 1. The summed E-state index contributed by atoms with van der Waals surface area (Å²) in [5.74, 6) is 0.114. The van der Waals surface area contributed by atoms with Crippen LogP contribution >= 0.6 is 11.6 Å². The number of nitrogens with zero attached hydrogens (tertiary/aromatic N) is 1. The predicted octanol–water partition coefficient (Wildman–Crippen LogP) is 2.54. The molecule has 1 amide bonds. The van der Waals surface area contributed by atoms with Crippen LogP contribution in [-0.4, -0.2) is 29.1 Å². The van der Waals surface area contributed by atoms with Crippen molar-refractivity contribution in [3.63, 3.8) is 0 Å². The van der Waals surface area contributed by atoms with Gasteiger partial charge in [0.25, 0.3) is 11.6 Å². The van der Waals surface area contributed by atoms with E-state index in [0.29, 0.717) is 5.76 Å². The Morgan fingerprint density at radius 2 is 2.18 bits per heavy atom. The summed E-state index contributed by atoms with van der Waals surface area (Å²) in [6, 6.07) is 5.62. The van der Waals surface area contributed by atoms with Gasteiger partial charge in [0.15, 0.2) is 0 Å². The Morgan fingerprint density at radius 3 is 2.82 bits per heavy atom. The number of hydrogen-bond acceptors (Lipinski definition) is 5. The maximum absolute atomic E-state index is 11.9. The Labute approximate surface area is 130 Å². The van der Waals surface area contributed by atoms with Crippen molar-refractivity contribution in [2.24, 2.45) is 0 Å². The normalized spacial score (nSPS) is 10.5. The van der Waals surface area contributed by atoms with Crippen LogP contribution in [0.4, 0.5) is 5.69 Å². The molecular formula is C14H13ClN2O5. The average Bonchev–Trinajstić information content (AvgIpc) is 2.86. The molecule has 0 unspecified atom stereocenters. The second kappa shape index (κ2) is 6.59. The predicted molar refractivity (Wildman–Crippen MR) is 80.0 cm³/mol. The fourth-order valence-electron chi connectivity index (χ4n) is 1.97. The summed E-state index contributed by atoms with van der Waals surface area (Å²) in [4.78, 5) is 22.5. The number of carbonyl (C=O) groups excluding carboxylic acids is 1. The van der Waals surface area contributed by atoms with E-state index in [0.717, 1.165) is 0 Å². The molecule has 22 heavy (non-hydrogen) atoms. The Morgan fingerprint density at radius 1 is 1.45 bits per heavy atom. The fraction of sp³-hybridized carbons (Fsp3) is 0.214. The van der Waals surface area contributed by atoms with Crippen LogP contribution < -0.4 is 5.32 Å². The van der Waals surface area contributed by atoms with Crippen molar-refractivity contribution < 1.29 is 19.2 Å². The van der Waals surface area contributed by atoms with Gasteiger partial charge in [-0.2, -0.15) is 0 Å². The maximum Gasteiger partial charge on any atom is 0.281 e. The number of aliphatic hydroxyl groups excluding tert-OH is 1. The summed E-state index contributed by atoms with van der Waals surface area (Å²) in [7, 11) is 0. The summed E-state index contributed by atoms with van der Waals surface area (Å²) in [6.07, 6.45) is 0. The van der Waals surface area contributed by atoms with E-state index in [1.54, 1.807) is 6.92 Å². The first-order valence-electron chi connectivity index (χ1n) is 6.38. The summed E-state index contributed by atoms with van der Waals surface area (Å²) < 4.78 is 5.46. The van der Waals surface area contributed by atoms with Gasteiger partial charge in [0, 0.05) is 17.6 Å².